The van der Waals surface area contributed by atoms with Crippen LogP contribution in [0.1, 0.15) is 54.8 Å². The highest BCUT2D eigenvalue weighted by Gasteiger charge is 2.35. The van der Waals surface area contributed by atoms with Crippen LogP contribution in [0.4, 0.5) is 11.5 Å². The van der Waals surface area contributed by atoms with E-state index in [1.165, 1.54) is 29.7 Å². The predicted molar refractivity (Wildman–Crippen MR) is 120 cm³/mol. The summed E-state index contributed by atoms with van der Waals surface area (Å²) in [7, 11) is 1.63. The smallest absolute Gasteiger partial charge is 0.225 e. The zero-order valence-corrected chi connectivity index (χ0v) is 18.5. The number of anilines is 2. The number of methoxy groups -OCH3 is 1. The summed E-state index contributed by atoms with van der Waals surface area (Å²) in [6, 6.07) is 0.132. The zero-order chi connectivity index (χ0) is 20.5. The van der Waals surface area contributed by atoms with Gasteiger partial charge in [0.25, 0.3) is 0 Å². The Hall–Kier alpha value is -1.73. The molecule has 1 amide bonds. The lowest BCUT2D eigenvalue weighted by Crippen LogP contribution is -2.54. The minimum Gasteiger partial charge on any atom is -0.396 e. The molecule has 1 saturated heterocycles. The van der Waals surface area contributed by atoms with Gasteiger partial charge in [-0.2, -0.15) is 0 Å². The van der Waals surface area contributed by atoms with Crippen molar-refractivity contribution in [2.24, 2.45) is 0 Å². The van der Waals surface area contributed by atoms with Gasteiger partial charge in [-0.05, 0) is 43.2 Å². The van der Waals surface area contributed by atoms with Gasteiger partial charge in [-0.25, -0.2) is 4.98 Å². The minimum atomic E-state index is 0.132. The number of nitrogens with two attached hydrogens (primary N) is 1. The van der Waals surface area contributed by atoms with Gasteiger partial charge in [0.15, 0.2) is 5.82 Å². The molecule has 2 N–H and O–H groups in total. The standard InChI is InChI=1S/C22H32N4O2S/c1-14-12-25(8-9-26(14)18(27)6-10-28-3)22-20(23)15(2)19(17-7-11-29-13-17)21(24-22)16-4-5-16/h7,11,14,16-17H,4-6,8-10,12-13,23H2,1-3H3/t14-,17?/m1/s1. The van der Waals surface area contributed by atoms with Crippen LogP contribution in [0.5, 0.6) is 0 Å². The van der Waals surface area contributed by atoms with E-state index in [0.29, 0.717) is 31.4 Å². The Morgan fingerprint density at radius 1 is 1.38 bits per heavy atom. The Bertz CT molecular complexity index is 808. The van der Waals surface area contributed by atoms with Crippen LogP contribution >= 0.6 is 11.8 Å². The molecule has 158 valence electrons. The van der Waals surface area contributed by atoms with Gasteiger partial charge in [0.05, 0.1) is 24.4 Å². The SMILES string of the molecule is COCCC(=O)N1CCN(c2nc(C3CC3)c(C3C=CSC3)c(C)c2N)C[C@H]1C. The number of rotatable bonds is 6. The van der Waals surface area contributed by atoms with Gasteiger partial charge in [0.1, 0.15) is 0 Å². The molecule has 1 aliphatic carbocycles. The number of piperazine rings is 1. The van der Waals surface area contributed by atoms with E-state index in [9.17, 15) is 4.79 Å². The molecule has 2 atom stereocenters. The lowest BCUT2D eigenvalue weighted by Gasteiger charge is -2.41. The molecule has 2 fully saturated rings. The van der Waals surface area contributed by atoms with Crippen molar-refractivity contribution in [3.05, 3.63) is 28.3 Å². The van der Waals surface area contributed by atoms with Crippen LogP contribution in [0.2, 0.25) is 0 Å². The molecule has 1 aromatic heterocycles. The van der Waals surface area contributed by atoms with Crippen molar-refractivity contribution in [2.45, 2.75) is 51.0 Å². The number of thioether (sulfide) groups is 1. The fourth-order valence-corrected chi connectivity index (χ4v) is 5.41. The molecule has 2 aliphatic heterocycles. The molecular formula is C22H32N4O2S. The van der Waals surface area contributed by atoms with Gasteiger partial charge in [-0.3, -0.25) is 4.79 Å². The lowest BCUT2D eigenvalue weighted by atomic mass is 9.91. The minimum absolute atomic E-state index is 0.132. The van der Waals surface area contributed by atoms with Crippen LogP contribution in [0.25, 0.3) is 0 Å². The summed E-state index contributed by atoms with van der Waals surface area (Å²) >= 11 is 1.87. The molecule has 29 heavy (non-hydrogen) atoms. The molecule has 3 aliphatic rings. The number of pyridine rings is 1. The number of ether oxygens (including phenoxy) is 1. The fraction of sp³-hybridized carbons (Fsp3) is 0.636. The molecule has 7 heteroatoms. The molecule has 3 heterocycles. The van der Waals surface area contributed by atoms with Crippen molar-refractivity contribution in [1.29, 1.82) is 0 Å². The molecular weight excluding hydrogens is 384 g/mol. The lowest BCUT2D eigenvalue weighted by molar-refractivity contribution is -0.134. The number of amides is 1. The van der Waals surface area contributed by atoms with Gasteiger partial charge >= 0.3 is 0 Å². The maximum absolute atomic E-state index is 12.5. The average molecular weight is 417 g/mol. The van der Waals surface area contributed by atoms with Crippen molar-refractivity contribution < 1.29 is 9.53 Å². The first-order valence-corrected chi connectivity index (χ1v) is 11.7. The highest BCUT2D eigenvalue weighted by molar-refractivity contribution is 8.02. The Kier molecular flexibility index (Phi) is 6.06. The summed E-state index contributed by atoms with van der Waals surface area (Å²) in [5, 5.41) is 2.20. The molecule has 0 bridgehead atoms. The number of nitrogen functional groups attached to an aromatic ring is 1. The number of hydrogen-bond donors (Lipinski definition) is 1. The van der Waals surface area contributed by atoms with E-state index >= 15 is 0 Å². The van der Waals surface area contributed by atoms with Gasteiger partial charge < -0.3 is 20.3 Å². The second-order valence-electron chi connectivity index (χ2n) is 8.44. The summed E-state index contributed by atoms with van der Waals surface area (Å²) in [6.07, 6.45) is 5.19. The van der Waals surface area contributed by atoms with Gasteiger partial charge in [-0.1, -0.05) is 6.08 Å². The van der Waals surface area contributed by atoms with E-state index < -0.39 is 0 Å². The maximum Gasteiger partial charge on any atom is 0.225 e. The Morgan fingerprint density at radius 2 is 2.17 bits per heavy atom. The van der Waals surface area contributed by atoms with Crippen molar-refractivity contribution in [3.63, 3.8) is 0 Å². The molecule has 1 aromatic rings. The Labute approximate surface area is 177 Å². The number of nitrogens with zero attached hydrogens (tertiary/aromatic N) is 3. The average Bonchev–Trinajstić information content (AvgIpc) is 3.42. The summed E-state index contributed by atoms with van der Waals surface area (Å²) in [4.78, 5) is 21.9. The first kappa shape index (κ1) is 20.5. The number of hydrogen-bond acceptors (Lipinski definition) is 6. The monoisotopic (exact) mass is 416 g/mol. The molecule has 1 unspecified atom stereocenters. The third-order valence-corrected chi connectivity index (χ3v) is 7.24. The third-order valence-electron chi connectivity index (χ3n) is 6.34. The van der Waals surface area contributed by atoms with E-state index in [4.69, 9.17) is 15.5 Å². The van der Waals surface area contributed by atoms with Gasteiger partial charge in [0, 0.05) is 50.4 Å². The van der Waals surface area contributed by atoms with Crippen LogP contribution < -0.4 is 10.6 Å². The first-order chi connectivity index (χ1) is 14.0. The molecule has 6 nitrogen and oxygen atoms in total. The van der Waals surface area contributed by atoms with Gasteiger partial charge in [-0.15, -0.1) is 11.8 Å². The third kappa shape index (κ3) is 4.12. The topological polar surface area (TPSA) is 71.7 Å². The van der Waals surface area contributed by atoms with E-state index in [2.05, 4.69) is 30.2 Å². The summed E-state index contributed by atoms with van der Waals surface area (Å²) in [5.41, 5.74) is 11.3. The molecule has 0 aromatic carbocycles. The molecule has 0 spiro atoms. The highest BCUT2D eigenvalue weighted by atomic mass is 32.2. The van der Waals surface area contributed by atoms with E-state index in [0.717, 1.165) is 30.3 Å². The normalized spacial score (nSPS) is 24.4. The van der Waals surface area contributed by atoms with Crippen LogP contribution in [0.3, 0.4) is 0 Å². The van der Waals surface area contributed by atoms with Crippen molar-refractivity contribution in [2.75, 3.05) is 49.7 Å². The Morgan fingerprint density at radius 3 is 2.79 bits per heavy atom. The van der Waals surface area contributed by atoms with Crippen molar-refractivity contribution in [1.82, 2.24) is 9.88 Å². The fourth-order valence-electron chi connectivity index (χ4n) is 4.51. The van der Waals surface area contributed by atoms with Crippen LogP contribution in [-0.4, -0.2) is 60.9 Å². The zero-order valence-electron chi connectivity index (χ0n) is 17.7. The second-order valence-corrected chi connectivity index (χ2v) is 9.38. The maximum atomic E-state index is 12.5. The van der Waals surface area contributed by atoms with E-state index in [-0.39, 0.29) is 11.9 Å². The van der Waals surface area contributed by atoms with Crippen LogP contribution in [0, 0.1) is 6.92 Å². The predicted octanol–water partition coefficient (Wildman–Crippen LogP) is 3.27. The number of carbonyl (C=O) groups is 1. The first-order valence-electron chi connectivity index (χ1n) is 10.6. The number of carbonyl (C=O) groups excluding carboxylic acids is 1. The molecule has 0 radical (unpaired) electrons. The van der Waals surface area contributed by atoms with Crippen LogP contribution in [0.15, 0.2) is 11.5 Å². The molecule has 4 rings (SSSR count). The summed E-state index contributed by atoms with van der Waals surface area (Å²) in [5.74, 6) is 3.17. The molecule has 1 saturated carbocycles. The summed E-state index contributed by atoms with van der Waals surface area (Å²) < 4.78 is 5.06. The van der Waals surface area contributed by atoms with Crippen LogP contribution in [-0.2, 0) is 9.53 Å². The highest BCUT2D eigenvalue weighted by Crippen LogP contribution is 2.47. The second kappa shape index (κ2) is 8.56. The Balaban J connectivity index is 1.58. The van der Waals surface area contributed by atoms with E-state index in [1.54, 1.807) is 7.11 Å². The number of allylic oxidation sites excluding steroid dienone is 1. The quantitative estimate of drug-likeness (QED) is 0.767. The number of aromatic nitrogens is 1. The largest absolute Gasteiger partial charge is 0.396 e. The van der Waals surface area contributed by atoms with E-state index in [1.807, 2.05) is 16.7 Å². The summed E-state index contributed by atoms with van der Waals surface area (Å²) in [6.45, 7) is 6.97. The van der Waals surface area contributed by atoms with Crippen molar-refractivity contribution >= 4 is 29.2 Å². The van der Waals surface area contributed by atoms with Gasteiger partial charge in [0.2, 0.25) is 5.91 Å². The van der Waals surface area contributed by atoms with Crippen molar-refractivity contribution in [3.8, 4) is 0 Å².